The van der Waals surface area contributed by atoms with Crippen LogP contribution in [0.15, 0.2) is 23.1 Å². The van der Waals surface area contributed by atoms with Crippen LogP contribution in [0.2, 0.25) is 0 Å². The fourth-order valence-electron chi connectivity index (χ4n) is 1.73. The minimum atomic E-state index is 0.0907. The first-order valence-corrected chi connectivity index (χ1v) is 6.69. The standard InChI is InChI=1S/C12H17N3OS/c1-13-8-14-5-4-9-2-3-11-10(6-9)15-12(16)7-17-11/h2-3,6,13-14H,4-5,7-8H2,1H3,(H,15,16). The van der Waals surface area contributed by atoms with Gasteiger partial charge in [0, 0.05) is 18.1 Å². The first-order valence-electron chi connectivity index (χ1n) is 5.70. The Bertz CT molecular complexity index is 409. The topological polar surface area (TPSA) is 53.2 Å². The molecule has 1 aliphatic rings. The first-order chi connectivity index (χ1) is 8.29. The second-order valence-corrected chi connectivity index (χ2v) is 4.96. The van der Waals surface area contributed by atoms with Gasteiger partial charge in [-0.3, -0.25) is 4.79 Å². The van der Waals surface area contributed by atoms with Crippen LogP contribution in [0.25, 0.3) is 0 Å². The molecule has 1 aromatic rings. The number of hydrogen-bond donors (Lipinski definition) is 3. The third-order valence-corrected chi connectivity index (χ3v) is 3.64. The monoisotopic (exact) mass is 251 g/mol. The molecule has 0 atom stereocenters. The van der Waals surface area contributed by atoms with Gasteiger partial charge in [0.15, 0.2) is 0 Å². The molecule has 0 saturated carbocycles. The molecular formula is C12H17N3OS. The average Bonchev–Trinajstić information content (AvgIpc) is 2.34. The number of anilines is 1. The first kappa shape index (κ1) is 12.4. The molecule has 0 aliphatic carbocycles. The van der Waals surface area contributed by atoms with Crippen LogP contribution in [-0.4, -0.2) is 31.9 Å². The maximum Gasteiger partial charge on any atom is 0.234 e. The van der Waals surface area contributed by atoms with Gasteiger partial charge in [-0.2, -0.15) is 0 Å². The van der Waals surface area contributed by atoms with Crippen molar-refractivity contribution < 1.29 is 4.79 Å². The minimum Gasteiger partial charge on any atom is -0.324 e. The quantitative estimate of drug-likeness (QED) is 0.541. The predicted octanol–water partition coefficient (Wildman–Crippen LogP) is 1.04. The molecule has 5 heteroatoms. The molecule has 0 aromatic heterocycles. The molecule has 0 spiro atoms. The smallest absolute Gasteiger partial charge is 0.234 e. The molecule has 1 heterocycles. The Morgan fingerprint density at radius 3 is 3.18 bits per heavy atom. The van der Waals surface area contributed by atoms with E-state index in [1.54, 1.807) is 11.8 Å². The number of fused-ring (bicyclic) bond motifs is 1. The normalized spacial score (nSPS) is 14.3. The van der Waals surface area contributed by atoms with Gasteiger partial charge >= 0.3 is 0 Å². The number of hydrogen-bond acceptors (Lipinski definition) is 4. The zero-order valence-electron chi connectivity index (χ0n) is 9.88. The third kappa shape index (κ3) is 3.46. The molecule has 0 saturated heterocycles. The van der Waals surface area contributed by atoms with Gasteiger partial charge in [0.1, 0.15) is 0 Å². The van der Waals surface area contributed by atoms with E-state index >= 15 is 0 Å². The van der Waals surface area contributed by atoms with Crippen LogP contribution in [0.1, 0.15) is 5.56 Å². The summed E-state index contributed by atoms with van der Waals surface area (Å²) in [5, 5.41) is 9.22. The van der Waals surface area contributed by atoms with Crippen molar-refractivity contribution in [1.82, 2.24) is 10.6 Å². The fraction of sp³-hybridized carbons (Fsp3) is 0.417. The number of benzene rings is 1. The number of thioether (sulfide) groups is 1. The van der Waals surface area contributed by atoms with Crippen molar-refractivity contribution in [3.63, 3.8) is 0 Å². The summed E-state index contributed by atoms with van der Waals surface area (Å²) in [5.74, 6) is 0.615. The van der Waals surface area contributed by atoms with Gasteiger partial charge in [-0.25, -0.2) is 0 Å². The second kappa shape index (κ2) is 6.05. The maximum atomic E-state index is 11.3. The molecule has 2 rings (SSSR count). The van der Waals surface area contributed by atoms with Crippen molar-refractivity contribution in [3.8, 4) is 0 Å². The summed E-state index contributed by atoms with van der Waals surface area (Å²) in [5.41, 5.74) is 2.20. The Labute approximate surface area is 106 Å². The van der Waals surface area contributed by atoms with E-state index in [1.165, 1.54) is 5.56 Å². The van der Waals surface area contributed by atoms with Crippen molar-refractivity contribution in [3.05, 3.63) is 23.8 Å². The highest BCUT2D eigenvalue weighted by Crippen LogP contribution is 2.31. The van der Waals surface area contributed by atoms with Crippen LogP contribution in [0.5, 0.6) is 0 Å². The zero-order valence-corrected chi connectivity index (χ0v) is 10.7. The van der Waals surface area contributed by atoms with E-state index in [1.807, 2.05) is 7.05 Å². The predicted molar refractivity (Wildman–Crippen MR) is 71.4 cm³/mol. The lowest BCUT2D eigenvalue weighted by Gasteiger charge is -2.17. The molecule has 0 bridgehead atoms. The van der Waals surface area contributed by atoms with E-state index in [2.05, 4.69) is 34.1 Å². The van der Waals surface area contributed by atoms with E-state index in [4.69, 9.17) is 0 Å². The summed E-state index contributed by atoms with van der Waals surface area (Å²) >= 11 is 1.60. The Kier molecular flexibility index (Phi) is 4.42. The van der Waals surface area contributed by atoms with Gasteiger partial charge in [0.2, 0.25) is 5.91 Å². The van der Waals surface area contributed by atoms with Crippen LogP contribution < -0.4 is 16.0 Å². The highest BCUT2D eigenvalue weighted by molar-refractivity contribution is 8.00. The fourth-order valence-corrected chi connectivity index (χ4v) is 2.52. The number of rotatable bonds is 5. The van der Waals surface area contributed by atoms with Crippen LogP contribution in [0.3, 0.4) is 0 Å². The molecule has 4 nitrogen and oxygen atoms in total. The number of carbonyl (C=O) groups is 1. The van der Waals surface area contributed by atoms with Gasteiger partial charge in [-0.1, -0.05) is 6.07 Å². The van der Waals surface area contributed by atoms with Gasteiger partial charge in [0.05, 0.1) is 11.4 Å². The largest absolute Gasteiger partial charge is 0.324 e. The zero-order chi connectivity index (χ0) is 12.1. The maximum absolute atomic E-state index is 11.3. The van der Waals surface area contributed by atoms with Crippen molar-refractivity contribution in [2.75, 3.05) is 31.3 Å². The lowest BCUT2D eigenvalue weighted by molar-refractivity contribution is -0.113. The minimum absolute atomic E-state index is 0.0907. The number of amides is 1. The van der Waals surface area contributed by atoms with Crippen molar-refractivity contribution in [2.24, 2.45) is 0 Å². The van der Waals surface area contributed by atoms with Crippen LogP contribution >= 0.6 is 11.8 Å². The van der Waals surface area contributed by atoms with Crippen LogP contribution in [-0.2, 0) is 11.2 Å². The van der Waals surface area contributed by atoms with E-state index in [-0.39, 0.29) is 5.91 Å². The lowest BCUT2D eigenvalue weighted by atomic mass is 10.1. The molecule has 1 aliphatic heterocycles. The van der Waals surface area contributed by atoms with Crippen LogP contribution in [0.4, 0.5) is 5.69 Å². The van der Waals surface area contributed by atoms with Gasteiger partial charge in [-0.05, 0) is 31.2 Å². The molecule has 0 unspecified atom stereocenters. The Morgan fingerprint density at radius 2 is 2.35 bits per heavy atom. The molecule has 17 heavy (non-hydrogen) atoms. The molecule has 0 fully saturated rings. The van der Waals surface area contributed by atoms with Gasteiger partial charge < -0.3 is 16.0 Å². The SMILES string of the molecule is CNCNCCc1ccc2c(c1)NC(=O)CS2. The number of carbonyl (C=O) groups excluding carboxylic acids is 1. The summed E-state index contributed by atoms with van der Waals surface area (Å²) in [4.78, 5) is 12.4. The molecule has 92 valence electrons. The number of nitrogens with one attached hydrogen (secondary N) is 3. The molecular weight excluding hydrogens is 234 g/mol. The van der Waals surface area contributed by atoms with Gasteiger partial charge in [0.25, 0.3) is 0 Å². The Balaban J connectivity index is 1.95. The van der Waals surface area contributed by atoms with E-state index in [0.717, 1.165) is 30.2 Å². The van der Waals surface area contributed by atoms with Crippen molar-refractivity contribution in [2.45, 2.75) is 11.3 Å². The van der Waals surface area contributed by atoms with E-state index < -0.39 is 0 Å². The molecule has 3 N–H and O–H groups in total. The summed E-state index contributed by atoms with van der Waals surface area (Å²) in [6.07, 6.45) is 0.968. The Morgan fingerprint density at radius 1 is 1.47 bits per heavy atom. The molecule has 1 amide bonds. The molecule has 0 radical (unpaired) electrons. The van der Waals surface area contributed by atoms with Crippen molar-refractivity contribution >= 4 is 23.4 Å². The average molecular weight is 251 g/mol. The van der Waals surface area contributed by atoms with Crippen LogP contribution in [0, 0.1) is 0 Å². The lowest BCUT2D eigenvalue weighted by Crippen LogP contribution is -2.27. The van der Waals surface area contributed by atoms with Crippen molar-refractivity contribution in [1.29, 1.82) is 0 Å². The summed E-state index contributed by atoms with van der Waals surface area (Å²) in [6, 6.07) is 6.29. The summed E-state index contributed by atoms with van der Waals surface area (Å²) < 4.78 is 0. The highest BCUT2D eigenvalue weighted by atomic mass is 32.2. The summed E-state index contributed by atoms with van der Waals surface area (Å²) in [7, 11) is 1.92. The second-order valence-electron chi connectivity index (χ2n) is 3.95. The third-order valence-electron chi connectivity index (χ3n) is 2.57. The highest BCUT2D eigenvalue weighted by Gasteiger charge is 2.14. The Hall–Kier alpha value is -1.04. The molecule has 1 aromatic carbocycles. The summed E-state index contributed by atoms with van der Waals surface area (Å²) in [6.45, 7) is 1.75. The van der Waals surface area contributed by atoms with E-state index in [0.29, 0.717) is 5.75 Å². The van der Waals surface area contributed by atoms with E-state index in [9.17, 15) is 4.79 Å². The van der Waals surface area contributed by atoms with Gasteiger partial charge in [-0.15, -0.1) is 11.8 Å².